The Morgan fingerprint density at radius 2 is 2.00 bits per heavy atom. The van der Waals surface area contributed by atoms with Gasteiger partial charge in [-0.25, -0.2) is 8.78 Å². The molecule has 1 atom stereocenters. The predicted molar refractivity (Wildman–Crippen MR) is 79.5 cm³/mol. The minimum absolute atomic E-state index is 0.208. The van der Waals surface area contributed by atoms with E-state index in [4.69, 9.17) is 11.6 Å². The second-order valence-electron chi connectivity index (χ2n) is 4.94. The van der Waals surface area contributed by atoms with Crippen molar-refractivity contribution in [1.82, 2.24) is 15.1 Å². The first-order chi connectivity index (χ1) is 9.96. The molecule has 1 N–H and O–H groups in total. The second kappa shape index (κ2) is 6.54. The van der Waals surface area contributed by atoms with Gasteiger partial charge in [-0.05, 0) is 31.7 Å². The highest BCUT2D eigenvalue weighted by atomic mass is 35.5. The van der Waals surface area contributed by atoms with Crippen molar-refractivity contribution in [2.24, 2.45) is 7.05 Å². The molecule has 0 radical (unpaired) electrons. The van der Waals surface area contributed by atoms with Crippen LogP contribution in [0.2, 0.25) is 5.02 Å². The average Bonchev–Trinajstić information content (AvgIpc) is 2.81. The maximum atomic E-state index is 14.0. The van der Waals surface area contributed by atoms with Crippen LogP contribution in [-0.2, 0) is 19.9 Å². The third-order valence-corrected chi connectivity index (χ3v) is 3.86. The summed E-state index contributed by atoms with van der Waals surface area (Å²) in [6.07, 6.45) is 1.35. The molecule has 1 aromatic carbocycles. The van der Waals surface area contributed by atoms with Gasteiger partial charge in [-0.2, -0.15) is 5.10 Å². The second-order valence-corrected chi connectivity index (χ2v) is 5.34. The Balaban J connectivity index is 2.31. The summed E-state index contributed by atoms with van der Waals surface area (Å²) in [6.45, 7) is 2.02. The standard InChI is InChI=1S/C15H18ClF2N3/c1-4-9-5-10(21(3)20-9)6-15(19-2)11-7-14(18)12(16)8-13(11)17/h5,7-8,15,19H,4,6H2,1-3H3. The smallest absolute Gasteiger partial charge is 0.142 e. The molecule has 0 aliphatic carbocycles. The Morgan fingerprint density at radius 3 is 2.57 bits per heavy atom. The number of aromatic nitrogens is 2. The molecule has 1 unspecified atom stereocenters. The molecule has 1 heterocycles. The third kappa shape index (κ3) is 3.41. The minimum atomic E-state index is -0.618. The summed E-state index contributed by atoms with van der Waals surface area (Å²) >= 11 is 5.59. The quantitative estimate of drug-likeness (QED) is 0.857. The molecule has 2 aromatic rings. The van der Waals surface area contributed by atoms with Crippen molar-refractivity contribution in [2.75, 3.05) is 7.05 Å². The van der Waals surface area contributed by atoms with Crippen molar-refractivity contribution in [3.63, 3.8) is 0 Å². The molecule has 0 saturated carbocycles. The van der Waals surface area contributed by atoms with Gasteiger partial charge in [0, 0.05) is 30.8 Å². The lowest BCUT2D eigenvalue weighted by Gasteiger charge is -2.18. The highest BCUT2D eigenvalue weighted by molar-refractivity contribution is 6.30. The average molecular weight is 314 g/mol. The molecule has 0 fully saturated rings. The molecule has 0 bridgehead atoms. The molecule has 0 saturated heterocycles. The van der Waals surface area contributed by atoms with Crippen molar-refractivity contribution in [1.29, 1.82) is 0 Å². The molecule has 3 nitrogen and oxygen atoms in total. The fraction of sp³-hybridized carbons (Fsp3) is 0.400. The van der Waals surface area contributed by atoms with Gasteiger partial charge >= 0.3 is 0 Å². The summed E-state index contributed by atoms with van der Waals surface area (Å²) in [5, 5.41) is 7.17. The summed E-state index contributed by atoms with van der Waals surface area (Å²) < 4.78 is 29.4. The largest absolute Gasteiger partial charge is 0.313 e. The molecule has 0 aliphatic rings. The zero-order chi connectivity index (χ0) is 15.6. The number of benzene rings is 1. The number of nitrogens with one attached hydrogen (secondary N) is 1. The predicted octanol–water partition coefficient (Wildman–Crippen LogP) is 3.42. The SMILES string of the molecule is CCc1cc(CC(NC)c2cc(F)c(Cl)cc2F)n(C)n1. The summed E-state index contributed by atoms with van der Waals surface area (Å²) in [4.78, 5) is 0. The van der Waals surface area contributed by atoms with Crippen LogP contribution in [0.15, 0.2) is 18.2 Å². The lowest BCUT2D eigenvalue weighted by atomic mass is 10.0. The molecule has 21 heavy (non-hydrogen) atoms. The van der Waals surface area contributed by atoms with E-state index in [1.807, 2.05) is 20.0 Å². The van der Waals surface area contributed by atoms with Gasteiger partial charge in [0.25, 0.3) is 0 Å². The van der Waals surface area contributed by atoms with E-state index in [0.717, 1.165) is 29.9 Å². The maximum absolute atomic E-state index is 14.0. The lowest BCUT2D eigenvalue weighted by Crippen LogP contribution is -2.21. The van der Waals surface area contributed by atoms with Crippen LogP contribution < -0.4 is 5.32 Å². The monoisotopic (exact) mass is 313 g/mol. The van der Waals surface area contributed by atoms with E-state index in [-0.39, 0.29) is 16.6 Å². The molecule has 1 aromatic heterocycles. The molecule has 114 valence electrons. The van der Waals surface area contributed by atoms with Crippen molar-refractivity contribution in [3.05, 3.63) is 51.8 Å². The number of likely N-dealkylation sites (N-methyl/N-ethyl adjacent to an activating group) is 1. The lowest BCUT2D eigenvalue weighted by molar-refractivity contribution is 0.511. The van der Waals surface area contributed by atoms with Crippen molar-refractivity contribution >= 4 is 11.6 Å². The zero-order valence-corrected chi connectivity index (χ0v) is 13.0. The van der Waals surface area contributed by atoms with Crippen LogP contribution in [0, 0.1) is 11.6 Å². The van der Waals surface area contributed by atoms with Gasteiger partial charge in [0.15, 0.2) is 0 Å². The van der Waals surface area contributed by atoms with Crippen molar-refractivity contribution < 1.29 is 8.78 Å². The first-order valence-corrected chi connectivity index (χ1v) is 7.17. The van der Waals surface area contributed by atoms with Crippen LogP contribution in [0.3, 0.4) is 0 Å². The highest BCUT2D eigenvalue weighted by Crippen LogP contribution is 2.26. The molecule has 0 aliphatic heterocycles. The third-order valence-electron chi connectivity index (χ3n) is 3.57. The van der Waals surface area contributed by atoms with Gasteiger partial charge in [-0.1, -0.05) is 18.5 Å². The Morgan fingerprint density at radius 1 is 1.29 bits per heavy atom. The van der Waals surface area contributed by atoms with Crippen LogP contribution >= 0.6 is 11.6 Å². The van der Waals surface area contributed by atoms with E-state index < -0.39 is 11.6 Å². The fourth-order valence-electron chi connectivity index (χ4n) is 2.32. The molecule has 2 rings (SSSR count). The van der Waals surface area contributed by atoms with E-state index in [1.54, 1.807) is 11.7 Å². The first kappa shape index (κ1) is 15.9. The van der Waals surface area contributed by atoms with Crippen LogP contribution in [0.25, 0.3) is 0 Å². The van der Waals surface area contributed by atoms with E-state index in [2.05, 4.69) is 10.4 Å². The number of rotatable bonds is 5. The highest BCUT2D eigenvalue weighted by Gasteiger charge is 2.19. The number of hydrogen-bond donors (Lipinski definition) is 1. The number of halogens is 3. The number of hydrogen-bond acceptors (Lipinski definition) is 2. The minimum Gasteiger partial charge on any atom is -0.313 e. The van der Waals surface area contributed by atoms with Gasteiger partial charge in [0.2, 0.25) is 0 Å². The Kier molecular flexibility index (Phi) is 4.96. The summed E-state index contributed by atoms with van der Waals surface area (Å²) in [5.41, 5.74) is 2.20. The molecular weight excluding hydrogens is 296 g/mol. The molecule has 0 spiro atoms. The van der Waals surface area contributed by atoms with Crippen LogP contribution in [0.5, 0.6) is 0 Å². The van der Waals surface area contributed by atoms with E-state index in [9.17, 15) is 8.78 Å². The van der Waals surface area contributed by atoms with Crippen LogP contribution in [0.4, 0.5) is 8.78 Å². The molecule has 6 heteroatoms. The molecule has 0 amide bonds. The Labute approximate surface area is 127 Å². The fourth-order valence-corrected chi connectivity index (χ4v) is 2.47. The normalized spacial score (nSPS) is 12.7. The van der Waals surface area contributed by atoms with Gasteiger partial charge in [0.1, 0.15) is 11.6 Å². The van der Waals surface area contributed by atoms with Crippen molar-refractivity contribution in [2.45, 2.75) is 25.8 Å². The van der Waals surface area contributed by atoms with Gasteiger partial charge in [0.05, 0.1) is 10.7 Å². The van der Waals surface area contributed by atoms with Gasteiger partial charge in [-0.15, -0.1) is 0 Å². The van der Waals surface area contributed by atoms with E-state index in [0.29, 0.717) is 6.42 Å². The van der Waals surface area contributed by atoms with Gasteiger partial charge < -0.3 is 5.32 Å². The van der Waals surface area contributed by atoms with Gasteiger partial charge in [-0.3, -0.25) is 4.68 Å². The Bertz CT molecular complexity index is 640. The first-order valence-electron chi connectivity index (χ1n) is 6.79. The van der Waals surface area contributed by atoms with Crippen LogP contribution in [-0.4, -0.2) is 16.8 Å². The summed E-state index contributed by atoms with van der Waals surface area (Å²) in [5.74, 6) is -1.13. The number of nitrogens with zero attached hydrogens (tertiary/aromatic N) is 2. The molecular formula is C15H18ClF2N3. The van der Waals surface area contributed by atoms with E-state index >= 15 is 0 Å². The number of aryl methyl sites for hydroxylation is 2. The maximum Gasteiger partial charge on any atom is 0.142 e. The van der Waals surface area contributed by atoms with Crippen molar-refractivity contribution in [3.8, 4) is 0 Å². The zero-order valence-electron chi connectivity index (χ0n) is 12.3. The van der Waals surface area contributed by atoms with E-state index in [1.165, 1.54) is 0 Å². The van der Waals surface area contributed by atoms with Crippen LogP contribution in [0.1, 0.15) is 29.9 Å². The Hall–Kier alpha value is -1.46. The summed E-state index contributed by atoms with van der Waals surface area (Å²) in [6, 6.07) is 3.79. The summed E-state index contributed by atoms with van der Waals surface area (Å²) in [7, 11) is 3.56. The topological polar surface area (TPSA) is 29.9 Å².